The molecule has 2 aliphatic rings. The van der Waals surface area contributed by atoms with Gasteiger partial charge in [0.15, 0.2) is 0 Å². The molecular weight excluding hydrogens is 258 g/mol. The van der Waals surface area contributed by atoms with Crippen LogP contribution in [0.25, 0.3) is 0 Å². The van der Waals surface area contributed by atoms with E-state index in [4.69, 9.17) is 4.74 Å². The third-order valence-corrected chi connectivity index (χ3v) is 5.47. The maximum atomic E-state index is 6.67. The minimum Gasteiger partial charge on any atom is -0.364 e. The lowest BCUT2D eigenvalue weighted by molar-refractivity contribution is -0.147. The van der Waals surface area contributed by atoms with Gasteiger partial charge in [-0.1, -0.05) is 37.6 Å². The molecule has 1 spiro atoms. The molecule has 1 atom stereocenters. The highest BCUT2D eigenvalue weighted by Gasteiger charge is 2.43. The number of hydrogen-bond acceptors (Lipinski definition) is 2. The largest absolute Gasteiger partial charge is 0.364 e. The van der Waals surface area contributed by atoms with Crippen LogP contribution in [0.15, 0.2) is 18.2 Å². The summed E-state index contributed by atoms with van der Waals surface area (Å²) in [5, 5.41) is 3.64. The summed E-state index contributed by atoms with van der Waals surface area (Å²) in [5.74, 6) is 0. The fourth-order valence-corrected chi connectivity index (χ4v) is 3.77. The normalized spacial score (nSPS) is 27.7. The lowest BCUT2D eigenvalue weighted by atomic mass is 9.70. The standard InChI is InChI=1S/C19H29NO/c1-14-5-6-15(2)16(11-14)17-12-20-13-19(21-17)9-7-18(3,4)8-10-19/h5-6,11,17,20H,7-10,12-13H2,1-4H3. The van der Waals surface area contributed by atoms with E-state index in [1.165, 1.54) is 42.4 Å². The van der Waals surface area contributed by atoms with Crippen LogP contribution in [0.2, 0.25) is 0 Å². The van der Waals surface area contributed by atoms with Gasteiger partial charge in [-0.25, -0.2) is 0 Å². The van der Waals surface area contributed by atoms with E-state index in [0.29, 0.717) is 5.41 Å². The first-order chi connectivity index (χ1) is 9.89. The van der Waals surface area contributed by atoms with E-state index in [9.17, 15) is 0 Å². The Kier molecular flexibility index (Phi) is 3.87. The SMILES string of the molecule is Cc1ccc(C)c(C2CNCC3(CCC(C)(C)CC3)O2)c1. The average Bonchev–Trinajstić information content (AvgIpc) is 2.46. The van der Waals surface area contributed by atoms with Crippen molar-refractivity contribution in [2.75, 3.05) is 13.1 Å². The van der Waals surface area contributed by atoms with Gasteiger partial charge in [-0.2, -0.15) is 0 Å². The summed E-state index contributed by atoms with van der Waals surface area (Å²) in [6, 6.07) is 6.71. The van der Waals surface area contributed by atoms with E-state index < -0.39 is 0 Å². The van der Waals surface area contributed by atoms with Crippen molar-refractivity contribution in [1.82, 2.24) is 5.32 Å². The van der Waals surface area contributed by atoms with Gasteiger partial charge in [0.2, 0.25) is 0 Å². The minimum absolute atomic E-state index is 0.0641. The fraction of sp³-hybridized carbons (Fsp3) is 0.684. The van der Waals surface area contributed by atoms with Gasteiger partial charge in [0.05, 0.1) is 11.7 Å². The topological polar surface area (TPSA) is 21.3 Å². The van der Waals surface area contributed by atoms with Crippen molar-refractivity contribution in [1.29, 1.82) is 0 Å². The Balaban J connectivity index is 1.79. The maximum absolute atomic E-state index is 6.67. The summed E-state index contributed by atoms with van der Waals surface area (Å²) in [6.45, 7) is 11.1. The smallest absolute Gasteiger partial charge is 0.0960 e. The van der Waals surface area contributed by atoms with Gasteiger partial charge in [0.1, 0.15) is 0 Å². The fourth-order valence-electron chi connectivity index (χ4n) is 3.77. The monoisotopic (exact) mass is 287 g/mol. The van der Waals surface area contributed by atoms with E-state index >= 15 is 0 Å². The molecule has 0 aromatic heterocycles. The van der Waals surface area contributed by atoms with E-state index in [1.54, 1.807) is 0 Å². The predicted molar refractivity (Wildman–Crippen MR) is 87.6 cm³/mol. The van der Waals surface area contributed by atoms with Gasteiger partial charge in [0.25, 0.3) is 0 Å². The van der Waals surface area contributed by atoms with E-state index in [-0.39, 0.29) is 11.7 Å². The second-order valence-corrected chi connectivity index (χ2v) is 7.94. The van der Waals surface area contributed by atoms with Crippen LogP contribution in [-0.2, 0) is 4.74 Å². The van der Waals surface area contributed by atoms with Crippen molar-refractivity contribution in [2.24, 2.45) is 5.41 Å². The number of nitrogens with one attached hydrogen (secondary N) is 1. The molecule has 1 heterocycles. The Bertz CT molecular complexity index is 510. The summed E-state index contributed by atoms with van der Waals surface area (Å²) in [7, 11) is 0. The number of hydrogen-bond donors (Lipinski definition) is 1. The molecule has 2 heteroatoms. The van der Waals surface area contributed by atoms with Crippen LogP contribution in [0.1, 0.15) is 62.3 Å². The number of benzene rings is 1. The molecular formula is C19H29NO. The molecule has 1 aliphatic heterocycles. The Morgan fingerprint density at radius 3 is 2.52 bits per heavy atom. The summed E-state index contributed by atoms with van der Waals surface area (Å²) in [5.41, 5.74) is 4.59. The van der Waals surface area contributed by atoms with Crippen LogP contribution in [-0.4, -0.2) is 18.7 Å². The van der Waals surface area contributed by atoms with Gasteiger partial charge in [-0.3, -0.25) is 0 Å². The first-order valence-electron chi connectivity index (χ1n) is 8.35. The molecule has 0 radical (unpaired) electrons. The van der Waals surface area contributed by atoms with Crippen LogP contribution in [0.4, 0.5) is 0 Å². The molecule has 0 amide bonds. The highest BCUT2D eigenvalue weighted by Crippen LogP contribution is 2.45. The molecule has 1 aromatic rings. The Morgan fingerprint density at radius 1 is 1.10 bits per heavy atom. The van der Waals surface area contributed by atoms with Crippen molar-refractivity contribution in [3.63, 3.8) is 0 Å². The van der Waals surface area contributed by atoms with E-state index in [0.717, 1.165) is 13.1 Å². The molecule has 0 bridgehead atoms. The third kappa shape index (κ3) is 3.17. The second kappa shape index (κ2) is 5.40. The third-order valence-electron chi connectivity index (χ3n) is 5.47. The molecule has 1 saturated heterocycles. The molecule has 116 valence electrons. The lowest BCUT2D eigenvalue weighted by Crippen LogP contribution is -2.53. The van der Waals surface area contributed by atoms with Crippen molar-refractivity contribution < 1.29 is 4.74 Å². The molecule has 2 nitrogen and oxygen atoms in total. The van der Waals surface area contributed by atoms with Gasteiger partial charge in [-0.05, 0) is 56.1 Å². The molecule has 1 aromatic carbocycles. The molecule has 1 saturated carbocycles. The summed E-state index contributed by atoms with van der Waals surface area (Å²) < 4.78 is 6.67. The zero-order valence-electron chi connectivity index (χ0n) is 14.0. The first-order valence-corrected chi connectivity index (χ1v) is 8.35. The number of morpholine rings is 1. The maximum Gasteiger partial charge on any atom is 0.0960 e. The summed E-state index contributed by atoms with van der Waals surface area (Å²) >= 11 is 0. The van der Waals surface area contributed by atoms with Crippen molar-refractivity contribution in [2.45, 2.75) is 65.1 Å². The number of aryl methyl sites for hydroxylation is 2. The van der Waals surface area contributed by atoms with E-state index in [1.807, 2.05) is 0 Å². The first kappa shape index (κ1) is 15.1. The lowest BCUT2D eigenvalue weighted by Gasteiger charge is -2.48. The van der Waals surface area contributed by atoms with Crippen LogP contribution in [0.5, 0.6) is 0 Å². The second-order valence-electron chi connectivity index (χ2n) is 7.94. The van der Waals surface area contributed by atoms with Gasteiger partial charge < -0.3 is 10.1 Å². The predicted octanol–water partition coefficient (Wildman–Crippen LogP) is 4.30. The van der Waals surface area contributed by atoms with Crippen LogP contribution < -0.4 is 5.32 Å². The highest BCUT2D eigenvalue weighted by molar-refractivity contribution is 5.33. The summed E-state index contributed by atoms with van der Waals surface area (Å²) in [4.78, 5) is 0. The zero-order valence-corrected chi connectivity index (χ0v) is 14.0. The quantitative estimate of drug-likeness (QED) is 0.831. The number of rotatable bonds is 1. The van der Waals surface area contributed by atoms with Crippen LogP contribution >= 0.6 is 0 Å². The van der Waals surface area contributed by atoms with Crippen molar-refractivity contribution >= 4 is 0 Å². The Labute approximate surface area is 129 Å². The van der Waals surface area contributed by atoms with Crippen molar-refractivity contribution in [3.8, 4) is 0 Å². The Morgan fingerprint density at radius 2 is 1.81 bits per heavy atom. The molecule has 1 aliphatic carbocycles. The average molecular weight is 287 g/mol. The summed E-state index contributed by atoms with van der Waals surface area (Å²) in [6.07, 6.45) is 5.13. The van der Waals surface area contributed by atoms with Gasteiger partial charge in [0, 0.05) is 13.1 Å². The molecule has 3 rings (SSSR count). The Hall–Kier alpha value is -0.860. The highest BCUT2D eigenvalue weighted by atomic mass is 16.5. The minimum atomic E-state index is 0.0641. The molecule has 21 heavy (non-hydrogen) atoms. The zero-order chi connectivity index (χ0) is 15.1. The molecule has 1 N–H and O–H groups in total. The van der Waals surface area contributed by atoms with E-state index in [2.05, 4.69) is 51.2 Å². The molecule has 1 unspecified atom stereocenters. The van der Waals surface area contributed by atoms with Gasteiger partial charge >= 0.3 is 0 Å². The molecule has 2 fully saturated rings. The van der Waals surface area contributed by atoms with Crippen molar-refractivity contribution in [3.05, 3.63) is 34.9 Å². The van der Waals surface area contributed by atoms with Crippen LogP contribution in [0.3, 0.4) is 0 Å². The number of ether oxygens (including phenoxy) is 1. The van der Waals surface area contributed by atoms with Crippen LogP contribution in [0, 0.1) is 19.3 Å². The van der Waals surface area contributed by atoms with Gasteiger partial charge in [-0.15, -0.1) is 0 Å².